The summed E-state index contributed by atoms with van der Waals surface area (Å²) in [6.07, 6.45) is 4.91. The molecule has 0 radical (unpaired) electrons. The van der Waals surface area contributed by atoms with Crippen LogP contribution in [0.3, 0.4) is 0 Å². The molecule has 0 bridgehead atoms. The molecule has 1 aromatic heterocycles. The first-order chi connectivity index (χ1) is 20.2. The highest BCUT2D eigenvalue weighted by atomic mass is 32.2. The molecule has 42 heavy (non-hydrogen) atoms. The van der Waals surface area contributed by atoms with Gasteiger partial charge in [-0.3, -0.25) is 14.5 Å². The molecule has 3 aromatic rings. The Morgan fingerprint density at radius 3 is 2.38 bits per heavy atom. The van der Waals surface area contributed by atoms with E-state index in [0.29, 0.717) is 24.7 Å². The molecule has 1 atom stereocenters. The Kier molecular flexibility index (Phi) is 9.60. The highest BCUT2D eigenvalue weighted by Crippen LogP contribution is 2.40. The van der Waals surface area contributed by atoms with Gasteiger partial charge in [0.25, 0.3) is 5.91 Å². The van der Waals surface area contributed by atoms with E-state index in [2.05, 4.69) is 64.8 Å². The summed E-state index contributed by atoms with van der Waals surface area (Å²) in [5.74, 6) is 1.65. The van der Waals surface area contributed by atoms with Crippen molar-refractivity contribution < 1.29 is 18.7 Å². The van der Waals surface area contributed by atoms with Gasteiger partial charge in [-0.1, -0.05) is 24.3 Å². The van der Waals surface area contributed by atoms with Crippen LogP contribution in [-0.4, -0.2) is 65.3 Å². The normalized spacial score (nSPS) is 17.0. The van der Waals surface area contributed by atoms with Crippen molar-refractivity contribution in [3.05, 3.63) is 82.3 Å². The van der Waals surface area contributed by atoms with Crippen LogP contribution in [0.15, 0.2) is 58.0 Å². The van der Waals surface area contributed by atoms with Crippen molar-refractivity contribution in [2.75, 3.05) is 27.2 Å². The third kappa shape index (κ3) is 7.76. The van der Waals surface area contributed by atoms with Crippen LogP contribution in [0, 0.1) is 13.8 Å². The molecule has 1 unspecified atom stereocenters. The lowest BCUT2D eigenvalue weighted by atomic mass is 10.1. The molecule has 2 heterocycles. The lowest BCUT2D eigenvalue weighted by Crippen LogP contribution is -2.35. The first kappa shape index (κ1) is 30.2. The van der Waals surface area contributed by atoms with Crippen molar-refractivity contribution in [2.24, 2.45) is 0 Å². The summed E-state index contributed by atoms with van der Waals surface area (Å²) in [5.41, 5.74) is 5.27. The number of furan rings is 1. The van der Waals surface area contributed by atoms with Crippen molar-refractivity contribution in [3.63, 3.8) is 0 Å². The van der Waals surface area contributed by atoms with Crippen molar-refractivity contribution in [3.8, 4) is 5.75 Å². The number of likely N-dealkylation sites (tertiary alicyclic amines) is 1. The maximum absolute atomic E-state index is 13.2. The molecule has 8 nitrogen and oxygen atoms in total. The van der Waals surface area contributed by atoms with E-state index in [9.17, 15) is 9.59 Å². The number of aryl methyl sites for hydroxylation is 2. The van der Waals surface area contributed by atoms with Crippen LogP contribution in [0.2, 0.25) is 0 Å². The van der Waals surface area contributed by atoms with Crippen LogP contribution in [0.1, 0.15) is 64.6 Å². The van der Waals surface area contributed by atoms with Gasteiger partial charge in [-0.15, -0.1) is 0 Å². The predicted octanol–water partition coefficient (Wildman–Crippen LogP) is 5.56. The summed E-state index contributed by atoms with van der Waals surface area (Å²) in [6.45, 7) is 9.69. The van der Waals surface area contributed by atoms with Crippen molar-refractivity contribution in [1.29, 1.82) is 0 Å². The lowest BCUT2D eigenvalue weighted by Gasteiger charge is -2.22. The Balaban J connectivity index is 1.15. The number of carbonyl (C=O) groups excluding carboxylic acids is 2. The van der Waals surface area contributed by atoms with Gasteiger partial charge in [0.1, 0.15) is 17.8 Å². The molecule has 5 rings (SSSR count). The molecule has 2 amide bonds. The number of nitrogens with zero attached hydrogens (tertiary/aromatic N) is 3. The zero-order chi connectivity index (χ0) is 29.8. The van der Waals surface area contributed by atoms with Crippen LogP contribution in [0.25, 0.3) is 0 Å². The SMILES string of the molecule is COc1cc(C)c(SN(Cc2cc(C(=O)N(C)Cc3ccc(CN4CCC(NC(C)=O)C4)cc3)co2)C2CC2)c(C)c1. The second-order valence-corrected chi connectivity index (χ2v) is 12.7. The molecule has 1 aliphatic carbocycles. The van der Waals surface area contributed by atoms with E-state index >= 15 is 0 Å². The number of methoxy groups -OCH3 is 1. The topological polar surface area (TPSA) is 78.3 Å². The van der Waals surface area contributed by atoms with E-state index in [1.807, 2.05) is 13.1 Å². The quantitative estimate of drug-likeness (QED) is 0.277. The number of hydrogen-bond acceptors (Lipinski definition) is 7. The average molecular weight is 591 g/mol. The zero-order valence-corrected chi connectivity index (χ0v) is 26.1. The van der Waals surface area contributed by atoms with Gasteiger partial charge in [0.2, 0.25) is 5.91 Å². The predicted molar refractivity (Wildman–Crippen MR) is 165 cm³/mol. The van der Waals surface area contributed by atoms with Gasteiger partial charge in [-0.25, -0.2) is 4.31 Å². The molecule has 2 aliphatic rings. The number of ether oxygens (including phenoxy) is 1. The van der Waals surface area contributed by atoms with Gasteiger partial charge >= 0.3 is 0 Å². The van der Waals surface area contributed by atoms with Gasteiger partial charge in [0.15, 0.2) is 0 Å². The van der Waals surface area contributed by atoms with Crippen LogP contribution in [0.5, 0.6) is 5.75 Å². The summed E-state index contributed by atoms with van der Waals surface area (Å²) in [5, 5.41) is 3.02. The van der Waals surface area contributed by atoms with Crippen LogP contribution in [-0.2, 0) is 24.4 Å². The molecule has 2 fully saturated rings. The fraction of sp³-hybridized carbons (Fsp3) is 0.455. The number of amides is 2. The maximum Gasteiger partial charge on any atom is 0.257 e. The van der Waals surface area contributed by atoms with E-state index in [-0.39, 0.29) is 17.9 Å². The monoisotopic (exact) mass is 590 g/mol. The van der Waals surface area contributed by atoms with E-state index in [0.717, 1.165) is 43.1 Å². The Morgan fingerprint density at radius 1 is 1.05 bits per heavy atom. The van der Waals surface area contributed by atoms with Crippen molar-refractivity contribution >= 4 is 23.8 Å². The van der Waals surface area contributed by atoms with Gasteiger partial charge in [0, 0.05) is 57.1 Å². The van der Waals surface area contributed by atoms with Gasteiger partial charge in [-0.2, -0.15) is 0 Å². The number of carbonyl (C=O) groups is 2. The second-order valence-electron chi connectivity index (χ2n) is 11.7. The second kappa shape index (κ2) is 13.4. The summed E-state index contributed by atoms with van der Waals surface area (Å²) < 4.78 is 13.7. The lowest BCUT2D eigenvalue weighted by molar-refractivity contribution is -0.119. The molecule has 1 aliphatic heterocycles. The van der Waals surface area contributed by atoms with E-state index < -0.39 is 0 Å². The molecule has 224 valence electrons. The molecule has 2 aromatic carbocycles. The molecule has 1 saturated carbocycles. The third-order valence-corrected chi connectivity index (χ3v) is 9.41. The number of hydrogen-bond donors (Lipinski definition) is 1. The highest BCUT2D eigenvalue weighted by Gasteiger charge is 2.32. The summed E-state index contributed by atoms with van der Waals surface area (Å²) in [6, 6.07) is 15.2. The Labute approximate surface area is 253 Å². The minimum absolute atomic E-state index is 0.0330. The molecule has 1 saturated heterocycles. The first-order valence-electron chi connectivity index (χ1n) is 14.7. The Hall–Kier alpha value is -3.27. The molecule has 0 spiro atoms. The summed E-state index contributed by atoms with van der Waals surface area (Å²) in [4.78, 5) is 29.9. The standard InChI is InChI=1S/C33H42N4O4S/c1-22-14-30(40-5)15-23(2)32(22)42-37(29-10-11-29)20-31-16-27(21-41-31)33(39)35(4)17-25-6-8-26(9-7-25)18-36-13-12-28(19-36)34-24(3)38/h6-9,14-16,21,28-29H,10-13,17-20H2,1-5H3,(H,34,38). The molecule has 1 N–H and O–H groups in total. The van der Waals surface area contributed by atoms with Crippen LogP contribution >= 0.6 is 11.9 Å². The van der Waals surface area contributed by atoms with E-state index in [4.69, 9.17) is 9.15 Å². The minimum Gasteiger partial charge on any atom is -0.497 e. The summed E-state index contributed by atoms with van der Waals surface area (Å²) in [7, 11) is 3.53. The Morgan fingerprint density at radius 2 is 1.74 bits per heavy atom. The minimum atomic E-state index is -0.0531. The van der Waals surface area contributed by atoms with Gasteiger partial charge in [-0.05, 0) is 85.5 Å². The van der Waals surface area contributed by atoms with Gasteiger partial charge < -0.3 is 19.4 Å². The highest BCUT2D eigenvalue weighted by molar-refractivity contribution is 7.97. The Bertz CT molecular complexity index is 1380. The number of benzene rings is 2. The van der Waals surface area contributed by atoms with Crippen LogP contribution in [0.4, 0.5) is 0 Å². The first-order valence-corrected chi connectivity index (χ1v) is 15.5. The van der Waals surface area contributed by atoms with E-state index in [1.54, 1.807) is 37.1 Å². The number of nitrogens with one attached hydrogen (secondary N) is 1. The molecular formula is C33H42N4O4S. The van der Waals surface area contributed by atoms with Crippen LogP contribution < -0.4 is 10.1 Å². The third-order valence-electron chi connectivity index (χ3n) is 7.92. The van der Waals surface area contributed by atoms with Gasteiger partial charge in [0.05, 0.1) is 19.2 Å². The number of rotatable bonds is 12. The molecule has 9 heteroatoms. The summed E-state index contributed by atoms with van der Waals surface area (Å²) >= 11 is 1.77. The van der Waals surface area contributed by atoms with Crippen molar-refractivity contribution in [1.82, 2.24) is 19.4 Å². The largest absolute Gasteiger partial charge is 0.497 e. The fourth-order valence-corrected chi connectivity index (χ4v) is 6.77. The average Bonchev–Trinajstić information content (AvgIpc) is 3.55. The van der Waals surface area contributed by atoms with Crippen molar-refractivity contribution in [2.45, 2.75) is 76.6 Å². The zero-order valence-electron chi connectivity index (χ0n) is 25.3. The molecular weight excluding hydrogens is 548 g/mol. The fourth-order valence-electron chi connectivity index (χ4n) is 5.57. The van der Waals surface area contributed by atoms with E-state index in [1.165, 1.54) is 34.4 Å². The smallest absolute Gasteiger partial charge is 0.257 e. The maximum atomic E-state index is 13.2.